The van der Waals surface area contributed by atoms with E-state index in [9.17, 15) is 4.79 Å². The van der Waals surface area contributed by atoms with Gasteiger partial charge in [0.05, 0.1) is 11.0 Å². The Hall–Kier alpha value is -1.55. The lowest BCUT2D eigenvalue weighted by Crippen LogP contribution is -2.34. The number of hydrogen-bond acceptors (Lipinski definition) is 2. The molecular formula is C14H19N3O. The third-order valence-corrected chi connectivity index (χ3v) is 3.92. The molecule has 1 aliphatic heterocycles. The molecule has 1 N–H and O–H groups in total. The fourth-order valence-corrected chi connectivity index (χ4v) is 2.90. The molecule has 1 aliphatic rings. The number of piperidine rings is 1. The molecule has 0 amide bonds. The summed E-state index contributed by atoms with van der Waals surface area (Å²) in [5, 5.41) is 3.35. The van der Waals surface area contributed by atoms with Gasteiger partial charge in [-0.25, -0.2) is 4.79 Å². The van der Waals surface area contributed by atoms with E-state index in [0.717, 1.165) is 37.0 Å². The van der Waals surface area contributed by atoms with Crippen molar-refractivity contribution in [2.24, 2.45) is 7.05 Å². The number of hydrogen-bond donors (Lipinski definition) is 1. The van der Waals surface area contributed by atoms with E-state index >= 15 is 0 Å². The van der Waals surface area contributed by atoms with Crippen LogP contribution in [-0.4, -0.2) is 22.2 Å². The molecule has 0 spiro atoms. The van der Waals surface area contributed by atoms with Crippen LogP contribution in [-0.2, 0) is 7.05 Å². The van der Waals surface area contributed by atoms with Crippen molar-refractivity contribution in [3.8, 4) is 0 Å². The Labute approximate surface area is 106 Å². The lowest BCUT2D eigenvalue weighted by molar-refractivity contribution is 0.366. The van der Waals surface area contributed by atoms with Gasteiger partial charge in [0, 0.05) is 13.1 Å². The Balaban J connectivity index is 2.23. The quantitative estimate of drug-likeness (QED) is 0.828. The third kappa shape index (κ3) is 1.68. The SMILES string of the molecule is Cc1ccc2c(c1)n(C1CCNCC1)c(=O)n2C. The first kappa shape index (κ1) is 11.5. The molecule has 0 aliphatic carbocycles. The van der Waals surface area contributed by atoms with Crippen LogP contribution in [0.15, 0.2) is 23.0 Å². The minimum atomic E-state index is 0.113. The monoisotopic (exact) mass is 245 g/mol. The lowest BCUT2D eigenvalue weighted by Gasteiger charge is -2.23. The molecule has 1 fully saturated rings. The topological polar surface area (TPSA) is 39.0 Å². The Bertz CT molecular complexity index is 632. The molecule has 1 saturated heterocycles. The summed E-state index contributed by atoms with van der Waals surface area (Å²) in [6.45, 7) is 4.07. The van der Waals surface area contributed by atoms with Crippen molar-refractivity contribution in [2.45, 2.75) is 25.8 Å². The summed E-state index contributed by atoms with van der Waals surface area (Å²) in [5.74, 6) is 0. The van der Waals surface area contributed by atoms with Crippen LogP contribution in [0.1, 0.15) is 24.4 Å². The number of fused-ring (bicyclic) bond motifs is 1. The summed E-state index contributed by atoms with van der Waals surface area (Å²) in [6.07, 6.45) is 2.07. The van der Waals surface area contributed by atoms with Gasteiger partial charge in [-0.05, 0) is 50.6 Å². The van der Waals surface area contributed by atoms with Gasteiger partial charge in [-0.15, -0.1) is 0 Å². The Morgan fingerprint density at radius 1 is 1.22 bits per heavy atom. The molecular weight excluding hydrogens is 226 g/mol. The van der Waals surface area contributed by atoms with Crippen LogP contribution in [0, 0.1) is 6.92 Å². The number of rotatable bonds is 1. The molecule has 96 valence electrons. The summed E-state index contributed by atoms with van der Waals surface area (Å²) in [7, 11) is 1.86. The van der Waals surface area contributed by atoms with E-state index in [1.165, 1.54) is 5.56 Å². The van der Waals surface area contributed by atoms with Crippen LogP contribution in [0.2, 0.25) is 0 Å². The first-order valence-corrected chi connectivity index (χ1v) is 6.57. The van der Waals surface area contributed by atoms with Crippen LogP contribution >= 0.6 is 0 Å². The predicted octanol–water partition coefficient (Wildman–Crippen LogP) is 1.57. The molecule has 2 heterocycles. The van der Waals surface area contributed by atoms with E-state index in [0.29, 0.717) is 6.04 Å². The van der Waals surface area contributed by atoms with Gasteiger partial charge in [-0.3, -0.25) is 9.13 Å². The highest BCUT2D eigenvalue weighted by atomic mass is 16.1. The Kier molecular flexibility index (Phi) is 2.74. The van der Waals surface area contributed by atoms with Crippen LogP contribution < -0.4 is 11.0 Å². The first-order valence-electron chi connectivity index (χ1n) is 6.57. The van der Waals surface area contributed by atoms with E-state index in [1.54, 1.807) is 4.57 Å². The van der Waals surface area contributed by atoms with Crippen molar-refractivity contribution < 1.29 is 0 Å². The number of aryl methyl sites for hydroxylation is 2. The van der Waals surface area contributed by atoms with E-state index in [2.05, 4.69) is 24.4 Å². The Morgan fingerprint density at radius 3 is 2.67 bits per heavy atom. The number of aromatic nitrogens is 2. The largest absolute Gasteiger partial charge is 0.329 e. The van der Waals surface area contributed by atoms with Gasteiger partial charge in [-0.1, -0.05) is 6.07 Å². The zero-order chi connectivity index (χ0) is 12.7. The first-order chi connectivity index (χ1) is 8.68. The molecule has 3 rings (SSSR count). The zero-order valence-corrected chi connectivity index (χ0v) is 10.9. The van der Waals surface area contributed by atoms with Crippen molar-refractivity contribution in [3.05, 3.63) is 34.2 Å². The maximum Gasteiger partial charge on any atom is 0.329 e. The maximum absolute atomic E-state index is 12.4. The number of benzene rings is 1. The van der Waals surface area contributed by atoms with Crippen molar-refractivity contribution in [2.75, 3.05) is 13.1 Å². The Morgan fingerprint density at radius 2 is 1.94 bits per heavy atom. The highest BCUT2D eigenvalue weighted by molar-refractivity contribution is 5.77. The molecule has 0 bridgehead atoms. The minimum Gasteiger partial charge on any atom is -0.317 e. The lowest BCUT2D eigenvalue weighted by atomic mass is 10.1. The van der Waals surface area contributed by atoms with Gasteiger partial charge >= 0.3 is 5.69 Å². The molecule has 2 aromatic rings. The maximum atomic E-state index is 12.4. The van der Waals surface area contributed by atoms with Crippen molar-refractivity contribution in [3.63, 3.8) is 0 Å². The van der Waals surface area contributed by atoms with Crippen LogP contribution in [0.25, 0.3) is 11.0 Å². The molecule has 1 aromatic heterocycles. The standard InChI is InChI=1S/C14H19N3O/c1-10-3-4-12-13(9-10)17(14(18)16(12)2)11-5-7-15-8-6-11/h3-4,9,11,15H,5-8H2,1-2H3. The van der Waals surface area contributed by atoms with Gasteiger partial charge in [0.1, 0.15) is 0 Å². The molecule has 4 heteroatoms. The molecule has 0 atom stereocenters. The van der Waals surface area contributed by atoms with E-state index in [-0.39, 0.29) is 5.69 Å². The molecule has 0 radical (unpaired) electrons. The zero-order valence-electron chi connectivity index (χ0n) is 10.9. The second kappa shape index (κ2) is 4.28. The van der Waals surface area contributed by atoms with Crippen LogP contribution in [0.5, 0.6) is 0 Å². The molecule has 4 nitrogen and oxygen atoms in total. The predicted molar refractivity (Wildman–Crippen MR) is 73.1 cm³/mol. The number of nitrogens with one attached hydrogen (secondary N) is 1. The number of nitrogens with zero attached hydrogens (tertiary/aromatic N) is 2. The second-order valence-corrected chi connectivity index (χ2v) is 5.18. The number of imidazole rings is 1. The summed E-state index contributed by atoms with van der Waals surface area (Å²) >= 11 is 0. The van der Waals surface area contributed by atoms with Crippen LogP contribution in [0.4, 0.5) is 0 Å². The van der Waals surface area contributed by atoms with Gasteiger partial charge in [-0.2, -0.15) is 0 Å². The summed E-state index contributed by atoms with van der Waals surface area (Å²) in [6, 6.07) is 6.57. The van der Waals surface area contributed by atoms with Gasteiger partial charge < -0.3 is 5.32 Å². The van der Waals surface area contributed by atoms with Gasteiger partial charge in [0.2, 0.25) is 0 Å². The summed E-state index contributed by atoms with van der Waals surface area (Å²) in [4.78, 5) is 12.4. The summed E-state index contributed by atoms with van der Waals surface area (Å²) < 4.78 is 3.75. The highest BCUT2D eigenvalue weighted by Gasteiger charge is 2.20. The average Bonchev–Trinajstić information content (AvgIpc) is 2.63. The molecule has 0 unspecified atom stereocenters. The van der Waals surface area contributed by atoms with E-state index < -0.39 is 0 Å². The fourth-order valence-electron chi connectivity index (χ4n) is 2.90. The average molecular weight is 245 g/mol. The molecule has 1 aromatic carbocycles. The van der Waals surface area contributed by atoms with Crippen molar-refractivity contribution in [1.82, 2.24) is 14.5 Å². The smallest absolute Gasteiger partial charge is 0.317 e. The highest BCUT2D eigenvalue weighted by Crippen LogP contribution is 2.23. The van der Waals surface area contributed by atoms with Crippen molar-refractivity contribution in [1.29, 1.82) is 0 Å². The van der Waals surface area contributed by atoms with E-state index in [4.69, 9.17) is 0 Å². The minimum absolute atomic E-state index is 0.113. The fraction of sp³-hybridized carbons (Fsp3) is 0.500. The normalized spacial score (nSPS) is 17.4. The van der Waals surface area contributed by atoms with Crippen molar-refractivity contribution >= 4 is 11.0 Å². The molecule has 0 saturated carbocycles. The second-order valence-electron chi connectivity index (χ2n) is 5.18. The van der Waals surface area contributed by atoms with E-state index in [1.807, 2.05) is 17.7 Å². The molecule has 18 heavy (non-hydrogen) atoms. The third-order valence-electron chi connectivity index (χ3n) is 3.92. The van der Waals surface area contributed by atoms with Crippen LogP contribution in [0.3, 0.4) is 0 Å². The summed E-state index contributed by atoms with van der Waals surface area (Å²) in [5.41, 5.74) is 3.43. The van der Waals surface area contributed by atoms with Gasteiger partial charge in [0.15, 0.2) is 0 Å². The van der Waals surface area contributed by atoms with Gasteiger partial charge in [0.25, 0.3) is 0 Å².